The molecule has 0 amide bonds. The molecule has 0 aromatic rings. The number of hydrogen-bond donors (Lipinski definition) is 0. The molecule has 63 valence electrons. The van der Waals surface area contributed by atoms with Crippen molar-refractivity contribution in [2.24, 2.45) is 0 Å². The summed E-state index contributed by atoms with van der Waals surface area (Å²) in [6, 6.07) is 0.631. The number of likely N-dealkylation sites (tertiary alicyclic amines) is 1. The van der Waals surface area contributed by atoms with Crippen LogP contribution < -0.4 is 0 Å². The van der Waals surface area contributed by atoms with E-state index in [-0.39, 0.29) is 6.61 Å². The zero-order valence-electron chi connectivity index (χ0n) is 6.66. The number of fused-ring (bicyclic) bond motifs is 2. The second-order valence-electron chi connectivity index (χ2n) is 3.40. The summed E-state index contributed by atoms with van der Waals surface area (Å²) >= 11 is 0. The van der Waals surface area contributed by atoms with Gasteiger partial charge in [0.1, 0.15) is 0 Å². The smallest absolute Gasteiger partial charge is 0.0834 e. The Balaban J connectivity index is 1.78. The van der Waals surface area contributed by atoms with Crippen LogP contribution in [0.3, 0.4) is 0 Å². The highest BCUT2D eigenvalue weighted by molar-refractivity contribution is 4.90. The Kier molecular flexibility index (Phi) is 2.11. The summed E-state index contributed by atoms with van der Waals surface area (Å²) in [7, 11) is 0. The Morgan fingerprint density at radius 1 is 1.55 bits per heavy atom. The molecule has 2 unspecified atom stereocenters. The summed E-state index contributed by atoms with van der Waals surface area (Å²) in [5.41, 5.74) is 0. The Labute approximate surface area is 66.9 Å². The first kappa shape index (κ1) is 7.53. The van der Waals surface area contributed by atoms with Crippen LogP contribution >= 0.6 is 0 Å². The largest absolute Gasteiger partial charge is 0.375 e. The highest BCUT2D eigenvalue weighted by Crippen LogP contribution is 2.27. The molecule has 2 fully saturated rings. The van der Waals surface area contributed by atoms with E-state index < -0.39 is 0 Å². The Morgan fingerprint density at radius 2 is 2.45 bits per heavy atom. The minimum Gasteiger partial charge on any atom is -0.375 e. The van der Waals surface area contributed by atoms with Gasteiger partial charge in [-0.2, -0.15) is 0 Å². The van der Waals surface area contributed by atoms with E-state index in [1.165, 1.54) is 6.42 Å². The quantitative estimate of drug-likeness (QED) is 0.588. The van der Waals surface area contributed by atoms with Gasteiger partial charge in [-0.25, -0.2) is 5.11 Å². The van der Waals surface area contributed by atoms with Crippen LogP contribution in [0.1, 0.15) is 12.8 Å². The first-order valence-corrected chi connectivity index (χ1v) is 4.34. The molecule has 2 heterocycles. The van der Waals surface area contributed by atoms with E-state index in [2.05, 4.69) is 4.90 Å². The van der Waals surface area contributed by atoms with Gasteiger partial charge < -0.3 is 4.74 Å². The van der Waals surface area contributed by atoms with E-state index >= 15 is 0 Å². The molecule has 2 aliphatic rings. The van der Waals surface area contributed by atoms with Gasteiger partial charge in [-0.1, -0.05) is 0 Å². The second kappa shape index (κ2) is 3.09. The van der Waals surface area contributed by atoms with E-state index in [1.807, 2.05) is 0 Å². The normalized spacial score (nSPS) is 36.8. The van der Waals surface area contributed by atoms with Crippen LogP contribution in [0.4, 0.5) is 0 Å². The van der Waals surface area contributed by atoms with Crippen LogP contribution in [0.25, 0.3) is 0 Å². The molecule has 2 aliphatic heterocycles. The summed E-state index contributed by atoms with van der Waals surface area (Å²) < 4.78 is 5.44. The lowest BCUT2D eigenvalue weighted by atomic mass is 10.2. The summed E-state index contributed by atoms with van der Waals surface area (Å²) in [5, 5.41) is 10.2. The van der Waals surface area contributed by atoms with Crippen molar-refractivity contribution in [3.8, 4) is 0 Å². The molecule has 2 rings (SSSR count). The molecule has 0 aromatic carbocycles. The van der Waals surface area contributed by atoms with Crippen LogP contribution in [0, 0.1) is 0 Å². The first-order valence-electron chi connectivity index (χ1n) is 4.34. The fourth-order valence-electron chi connectivity index (χ4n) is 2.02. The standard InChI is InChI=1S/C8H14NO2/c10-3-1-2-9-5-8-4-7(9)6-11-8/h7-8H,1-6H2. The number of nitrogens with zero attached hydrogens (tertiary/aromatic N) is 1. The zero-order chi connectivity index (χ0) is 7.68. The summed E-state index contributed by atoms with van der Waals surface area (Å²) in [6.45, 7) is 3.00. The van der Waals surface area contributed by atoms with Crippen LogP contribution in [-0.4, -0.2) is 43.3 Å². The van der Waals surface area contributed by atoms with E-state index in [1.54, 1.807) is 0 Å². The van der Waals surface area contributed by atoms with Crippen molar-refractivity contribution in [3.05, 3.63) is 0 Å². The summed E-state index contributed by atoms with van der Waals surface area (Å²) in [6.07, 6.45) is 2.47. The van der Waals surface area contributed by atoms with Crippen molar-refractivity contribution in [3.63, 3.8) is 0 Å². The third-order valence-electron chi connectivity index (χ3n) is 2.60. The van der Waals surface area contributed by atoms with Crippen molar-refractivity contribution in [2.45, 2.75) is 25.0 Å². The molecule has 0 aliphatic carbocycles. The van der Waals surface area contributed by atoms with Crippen molar-refractivity contribution in [2.75, 3.05) is 26.3 Å². The van der Waals surface area contributed by atoms with Gasteiger partial charge in [0.2, 0.25) is 0 Å². The average molecular weight is 156 g/mol. The van der Waals surface area contributed by atoms with Crippen LogP contribution in [0.15, 0.2) is 0 Å². The second-order valence-corrected chi connectivity index (χ2v) is 3.40. The lowest BCUT2D eigenvalue weighted by Crippen LogP contribution is -2.37. The lowest BCUT2D eigenvalue weighted by molar-refractivity contribution is 0.0268. The molecule has 11 heavy (non-hydrogen) atoms. The molecule has 2 bridgehead atoms. The maximum atomic E-state index is 10.2. The van der Waals surface area contributed by atoms with Gasteiger partial charge in [0.05, 0.1) is 19.3 Å². The lowest BCUT2D eigenvalue weighted by Gasteiger charge is -2.25. The fourth-order valence-corrected chi connectivity index (χ4v) is 2.02. The maximum absolute atomic E-state index is 10.2. The molecule has 3 heteroatoms. The number of ether oxygens (including phenoxy) is 1. The van der Waals surface area contributed by atoms with E-state index in [0.29, 0.717) is 12.1 Å². The number of hydrogen-bond acceptors (Lipinski definition) is 2. The molecular weight excluding hydrogens is 142 g/mol. The molecule has 2 saturated heterocycles. The van der Waals surface area contributed by atoms with Gasteiger partial charge in [0, 0.05) is 19.1 Å². The predicted octanol–water partition coefficient (Wildman–Crippen LogP) is 0.280. The van der Waals surface area contributed by atoms with Gasteiger partial charge in [0.15, 0.2) is 0 Å². The number of rotatable bonds is 3. The molecule has 0 spiro atoms. The van der Waals surface area contributed by atoms with Gasteiger partial charge in [-0.15, -0.1) is 0 Å². The third-order valence-corrected chi connectivity index (χ3v) is 2.60. The Bertz CT molecular complexity index is 140. The molecule has 0 saturated carbocycles. The zero-order valence-corrected chi connectivity index (χ0v) is 6.66. The minimum absolute atomic E-state index is 0.0642. The van der Waals surface area contributed by atoms with Crippen LogP contribution in [0.2, 0.25) is 0 Å². The third kappa shape index (κ3) is 1.41. The molecule has 2 atom stereocenters. The van der Waals surface area contributed by atoms with Gasteiger partial charge in [-0.3, -0.25) is 4.90 Å². The average Bonchev–Trinajstić information content (AvgIpc) is 2.60. The van der Waals surface area contributed by atoms with Gasteiger partial charge >= 0.3 is 0 Å². The molecule has 0 aromatic heterocycles. The highest BCUT2D eigenvalue weighted by Gasteiger charge is 2.38. The maximum Gasteiger partial charge on any atom is 0.0834 e. The topological polar surface area (TPSA) is 32.4 Å². The van der Waals surface area contributed by atoms with Crippen molar-refractivity contribution in [1.29, 1.82) is 0 Å². The fraction of sp³-hybridized carbons (Fsp3) is 1.00. The van der Waals surface area contributed by atoms with E-state index in [4.69, 9.17) is 4.74 Å². The summed E-state index contributed by atoms with van der Waals surface area (Å²) in [5.74, 6) is 0. The number of morpholine rings is 1. The SMILES string of the molecule is [O]CCCN1CC2CC1CO2. The van der Waals surface area contributed by atoms with Crippen LogP contribution in [-0.2, 0) is 9.84 Å². The molecule has 3 nitrogen and oxygen atoms in total. The predicted molar refractivity (Wildman–Crippen MR) is 39.9 cm³/mol. The highest BCUT2D eigenvalue weighted by atomic mass is 16.5. The summed E-state index contributed by atoms with van der Waals surface area (Å²) in [4.78, 5) is 2.39. The van der Waals surface area contributed by atoms with E-state index in [9.17, 15) is 5.11 Å². The minimum atomic E-state index is 0.0642. The molecule has 0 N–H and O–H groups in total. The Hall–Kier alpha value is -0.120. The monoisotopic (exact) mass is 156 g/mol. The molecule has 1 radical (unpaired) electrons. The van der Waals surface area contributed by atoms with Crippen molar-refractivity contribution >= 4 is 0 Å². The Morgan fingerprint density at radius 3 is 3.00 bits per heavy atom. The molecular formula is C8H14NO2. The van der Waals surface area contributed by atoms with Gasteiger partial charge in [-0.05, 0) is 12.8 Å². The van der Waals surface area contributed by atoms with E-state index in [0.717, 1.165) is 26.1 Å². The first-order chi connectivity index (χ1) is 5.40. The van der Waals surface area contributed by atoms with Crippen molar-refractivity contribution in [1.82, 2.24) is 4.90 Å². The van der Waals surface area contributed by atoms with Crippen molar-refractivity contribution < 1.29 is 9.84 Å². The van der Waals surface area contributed by atoms with Gasteiger partial charge in [0.25, 0.3) is 0 Å². The van der Waals surface area contributed by atoms with Crippen LogP contribution in [0.5, 0.6) is 0 Å².